The second-order valence-corrected chi connectivity index (χ2v) is 7.77. The maximum absolute atomic E-state index is 13.4. The molecule has 0 saturated carbocycles. The molecule has 1 saturated heterocycles. The normalized spacial score (nSPS) is 20.2. The van der Waals surface area contributed by atoms with Gasteiger partial charge in [0.1, 0.15) is 17.9 Å². The number of carbonyl (C=O) groups excluding carboxylic acids is 2. The predicted octanol–water partition coefficient (Wildman–Crippen LogP) is 2.42. The van der Waals surface area contributed by atoms with Crippen LogP contribution in [0.15, 0.2) is 66.7 Å². The summed E-state index contributed by atoms with van der Waals surface area (Å²) in [4.78, 5) is 27.9. The van der Waals surface area contributed by atoms with E-state index in [0.717, 1.165) is 26.8 Å². The van der Waals surface area contributed by atoms with Crippen LogP contribution in [0, 0.1) is 5.82 Å². The van der Waals surface area contributed by atoms with Crippen LogP contribution in [-0.4, -0.2) is 30.6 Å². The van der Waals surface area contributed by atoms with E-state index in [1.807, 2.05) is 55.6 Å². The molecular formula is C23H23FN3O2+. The highest BCUT2D eigenvalue weighted by Gasteiger charge is 2.50. The quantitative estimate of drug-likeness (QED) is 0.656. The SMILES string of the molecule is C[NH+](Cc1cccc(F)c1)CN1C(=O)N[C@@](C)(c2ccc3ccccc3c2)C1=O. The molecule has 1 aliphatic heterocycles. The van der Waals surface area contributed by atoms with Crippen LogP contribution < -0.4 is 10.2 Å². The average Bonchev–Trinajstić information content (AvgIpc) is 2.91. The Bertz CT molecular complexity index is 1100. The molecule has 5 nitrogen and oxygen atoms in total. The first kappa shape index (κ1) is 19.1. The summed E-state index contributed by atoms with van der Waals surface area (Å²) in [7, 11) is 1.87. The molecule has 6 heteroatoms. The van der Waals surface area contributed by atoms with E-state index < -0.39 is 11.6 Å². The number of nitrogens with one attached hydrogen (secondary N) is 2. The van der Waals surface area contributed by atoms with Gasteiger partial charge in [0.2, 0.25) is 0 Å². The Labute approximate surface area is 168 Å². The number of urea groups is 1. The van der Waals surface area contributed by atoms with Gasteiger partial charge < -0.3 is 10.2 Å². The highest BCUT2D eigenvalue weighted by molar-refractivity contribution is 6.07. The highest BCUT2D eigenvalue weighted by Crippen LogP contribution is 2.30. The fourth-order valence-corrected chi connectivity index (χ4v) is 3.86. The number of rotatable bonds is 5. The van der Waals surface area contributed by atoms with Crippen LogP contribution in [0.1, 0.15) is 18.1 Å². The van der Waals surface area contributed by atoms with Crippen molar-refractivity contribution in [1.29, 1.82) is 0 Å². The average molecular weight is 392 g/mol. The predicted molar refractivity (Wildman–Crippen MR) is 109 cm³/mol. The lowest BCUT2D eigenvalue weighted by molar-refractivity contribution is -0.901. The van der Waals surface area contributed by atoms with Crippen molar-refractivity contribution in [1.82, 2.24) is 10.2 Å². The zero-order chi connectivity index (χ0) is 20.6. The number of carbonyl (C=O) groups is 2. The number of quaternary nitrogens is 1. The number of imide groups is 1. The van der Waals surface area contributed by atoms with E-state index in [-0.39, 0.29) is 18.4 Å². The van der Waals surface area contributed by atoms with Crippen molar-refractivity contribution in [2.24, 2.45) is 0 Å². The number of fused-ring (bicyclic) bond motifs is 1. The number of amides is 3. The zero-order valence-corrected chi connectivity index (χ0v) is 16.4. The van der Waals surface area contributed by atoms with Gasteiger partial charge in [-0.05, 0) is 41.5 Å². The smallest absolute Gasteiger partial charge is 0.319 e. The molecular weight excluding hydrogens is 369 g/mol. The third-order valence-corrected chi connectivity index (χ3v) is 5.42. The zero-order valence-electron chi connectivity index (χ0n) is 16.4. The van der Waals surface area contributed by atoms with Crippen LogP contribution in [0.2, 0.25) is 0 Å². The Balaban J connectivity index is 1.54. The van der Waals surface area contributed by atoms with Gasteiger partial charge in [-0.3, -0.25) is 4.79 Å². The molecule has 0 aliphatic carbocycles. The van der Waals surface area contributed by atoms with Crippen LogP contribution >= 0.6 is 0 Å². The van der Waals surface area contributed by atoms with Crippen molar-refractivity contribution in [3.63, 3.8) is 0 Å². The molecule has 0 spiro atoms. The van der Waals surface area contributed by atoms with Gasteiger partial charge in [-0.1, -0.05) is 48.5 Å². The van der Waals surface area contributed by atoms with Crippen LogP contribution in [0.5, 0.6) is 0 Å². The van der Waals surface area contributed by atoms with Gasteiger partial charge in [0, 0.05) is 5.56 Å². The summed E-state index contributed by atoms with van der Waals surface area (Å²) in [5.41, 5.74) is 0.451. The molecule has 1 fully saturated rings. The standard InChI is InChI=1S/C23H22FN3O2/c1-23(19-11-10-17-7-3-4-8-18(17)13-19)21(28)27(22(29)25-23)15-26(2)14-16-6-5-9-20(24)12-16/h3-13H,14-15H2,1-2H3,(H,25,29)/p+1/t23-/m0/s1. The van der Waals surface area contributed by atoms with E-state index in [1.54, 1.807) is 13.0 Å². The van der Waals surface area contributed by atoms with Crippen molar-refractivity contribution in [3.8, 4) is 0 Å². The van der Waals surface area contributed by atoms with E-state index in [2.05, 4.69) is 5.32 Å². The molecule has 29 heavy (non-hydrogen) atoms. The minimum atomic E-state index is -1.11. The minimum Gasteiger partial charge on any atom is -0.319 e. The third-order valence-electron chi connectivity index (χ3n) is 5.42. The summed E-state index contributed by atoms with van der Waals surface area (Å²) in [5, 5.41) is 4.94. The number of benzene rings is 3. The van der Waals surface area contributed by atoms with E-state index >= 15 is 0 Å². The van der Waals surface area contributed by atoms with Gasteiger partial charge in [0.25, 0.3) is 5.91 Å². The maximum Gasteiger partial charge on any atom is 0.329 e. The summed E-state index contributed by atoms with van der Waals surface area (Å²) < 4.78 is 13.4. The molecule has 3 aromatic rings. The van der Waals surface area contributed by atoms with Crippen molar-refractivity contribution < 1.29 is 18.9 Å². The van der Waals surface area contributed by atoms with Gasteiger partial charge in [-0.15, -0.1) is 0 Å². The van der Waals surface area contributed by atoms with E-state index in [1.165, 1.54) is 17.0 Å². The van der Waals surface area contributed by atoms with E-state index in [4.69, 9.17) is 0 Å². The number of hydrogen-bond acceptors (Lipinski definition) is 2. The van der Waals surface area contributed by atoms with Crippen LogP contribution in [0.3, 0.4) is 0 Å². The molecule has 1 unspecified atom stereocenters. The first-order chi connectivity index (χ1) is 13.9. The molecule has 1 aliphatic rings. The van der Waals surface area contributed by atoms with E-state index in [9.17, 15) is 14.0 Å². The molecule has 4 rings (SSSR count). The largest absolute Gasteiger partial charge is 0.329 e. The van der Waals surface area contributed by atoms with Gasteiger partial charge in [-0.2, -0.15) is 0 Å². The monoisotopic (exact) mass is 392 g/mol. The lowest BCUT2D eigenvalue weighted by atomic mass is 9.90. The molecule has 2 atom stereocenters. The molecule has 0 radical (unpaired) electrons. The Morgan fingerprint density at radius 2 is 1.76 bits per heavy atom. The summed E-state index contributed by atoms with van der Waals surface area (Å²) in [6, 6.07) is 19.6. The molecule has 148 valence electrons. The Kier molecular flexibility index (Phi) is 4.80. The molecule has 2 N–H and O–H groups in total. The van der Waals surface area contributed by atoms with Crippen LogP contribution in [0.25, 0.3) is 10.8 Å². The van der Waals surface area contributed by atoms with Crippen LogP contribution in [-0.2, 0) is 16.9 Å². The lowest BCUT2D eigenvalue weighted by Crippen LogP contribution is -3.09. The molecule has 3 amide bonds. The molecule has 3 aromatic carbocycles. The topological polar surface area (TPSA) is 53.9 Å². The fraction of sp³-hybridized carbons (Fsp3) is 0.217. The molecule has 1 heterocycles. The minimum absolute atomic E-state index is 0.199. The summed E-state index contributed by atoms with van der Waals surface area (Å²) in [5.74, 6) is -0.578. The Morgan fingerprint density at radius 1 is 1.00 bits per heavy atom. The number of hydrogen-bond donors (Lipinski definition) is 2. The lowest BCUT2D eigenvalue weighted by Gasteiger charge is -2.23. The Morgan fingerprint density at radius 3 is 2.52 bits per heavy atom. The van der Waals surface area contributed by atoms with Crippen molar-refractivity contribution in [2.45, 2.75) is 19.0 Å². The van der Waals surface area contributed by atoms with Crippen LogP contribution in [0.4, 0.5) is 9.18 Å². The Hall–Kier alpha value is -3.25. The third kappa shape index (κ3) is 3.59. The number of nitrogens with zero attached hydrogens (tertiary/aromatic N) is 1. The van der Waals surface area contributed by atoms with Crippen molar-refractivity contribution in [3.05, 3.63) is 83.7 Å². The van der Waals surface area contributed by atoms with E-state index in [0.29, 0.717) is 6.54 Å². The molecule has 0 aromatic heterocycles. The second-order valence-electron chi connectivity index (χ2n) is 7.77. The summed E-state index contributed by atoms with van der Waals surface area (Å²) in [6.07, 6.45) is 0. The van der Waals surface area contributed by atoms with Gasteiger partial charge >= 0.3 is 6.03 Å². The summed E-state index contributed by atoms with van der Waals surface area (Å²) in [6.45, 7) is 2.44. The van der Waals surface area contributed by atoms with Gasteiger partial charge in [0.05, 0.1) is 7.05 Å². The first-order valence-electron chi connectivity index (χ1n) is 9.56. The van der Waals surface area contributed by atoms with Crippen molar-refractivity contribution in [2.75, 3.05) is 13.7 Å². The summed E-state index contributed by atoms with van der Waals surface area (Å²) >= 11 is 0. The van der Waals surface area contributed by atoms with Gasteiger partial charge in [-0.25, -0.2) is 14.1 Å². The molecule has 0 bridgehead atoms. The maximum atomic E-state index is 13.4. The fourth-order valence-electron chi connectivity index (χ4n) is 3.86. The number of halogens is 1. The van der Waals surface area contributed by atoms with Crippen molar-refractivity contribution >= 4 is 22.7 Å². The first-order valence-corrected chi connectivity index (χ1v) is 9.56. The highest BCUT2D eigenvalue weighted by atomic mass is 19.1. The van der Waals surface area contributed by atoms with Gasteiger partial charge in [0.15, 0.2) is 6.67 Å². The second kappa shape index (κ2) is 7.29.